The van der Waals surface area contributed by atoms with Gasteiger partial charge in [0, 0.05) is 17.3 Å². The van der Waals surface area contributed by atoms with Gasteiger partial charge in [0.1, 0.15) is 11.3 Å². The third kappa shape index (κ3) is 1.11. The highest BCUT2D eigenvalue weighted by atomic mass is 16.3. The summed E-state index contributed by atoms with van der Waals surface area (Å²) in [4.78, 5) is 0. The molecule has 2 unspecified atom stereocenters. The van der Waals surface area contributed by atoms with E-state index in [-0.39, 0.29) is 11.5 Å². The minimum absolute atomic E-state index is 0.179. The van der Waals surface area contributed by atoms with Crippen LogP contribution < -0.4 is 5.73 Å². The van der Waals surface area contributed by atoms with Gasteiger partial charge in [-0.05, 0) is 24.0 Å². The first-order valence-electron chi connectivity index (χ1n) is 5.77. The van der Waals surface area contributed by atoms with Crippen molar-refractivity contribution < 1.29 is 4.42 Å². The van der Waals surface area contributed by atoms with Gasteiger partial charge in [-0.25, -0.2) is 0 Å². The number of aryl methyl sites for hydroxylation is 1. The van der Waals surface area contributed by atoms with Crippen LogP contribution in [0.5, 0.6) is 0 Å². The Morgan fingerprint density at radius 2 is 1.88 bits per heavy atom. The van der Waals surface area contributed by atoms with Crippen molar-refractivity contribution in [3.8, 4) is 0 Å². The van der Waals surface area contributed by atoms with Crippen molar-refractivity contribution in [2.24, 2.45) is 11.1 Å². The highest BCUT2D eigenvalue weighted by Gasteiger charge is 2.58. The Labute approximate surface area is 95.4 Å². The molecule has 0 saturated heterocycles. The predicted octanol–water partition coefficient (Wildman–Crippen LogP) is 3.19. The van der Waals surface area contributed by atoms with Crippen molar-refractivity contribution in [3.63, 3.8) is 0 Å². The van der Waals surface area contributed by atoms with Gasteiger partial charge < -0.3 is 10.2 Å². The van der Waals surface area contributed by atoms with Crippen LogP contribution in [0.4, 0.5) is 0 Å². The molecule has 3 rings (SSSR count). The van der Waals surface area contributed by atoms with Gasteiger partial charge in [0.25, 0.3) is 0 Å². The van der Waals surface area contributed by atoms with Crippen LogP contribution in [0, 0.1) is 12.3 Å². The fourth-order valence-corrected chi connectivity index (χ4v) is 2.67. The van der Waals surface area contributed by atoms with Gasteiger partial charge in [-0.2, -0.15) is 0 Å². The lowest BCUT2D eigenvalue weighted by Gasteiger charge is -1.99. The summed E-state index contributed by atoms with van der Waals surface area (Å²) in [7, 11) is 0. The van der Waals surface area contributed by atoms with E-state index in [4.69, 9.17) is 10.2 Å². The first-order chi connectivity index (χ1) is 7.53. The zero-order valence-electron chi connectivity index (χ0n) is 9.95. The second-order valence-electron chi connectivity index (χ2n) is 5.41. The molecule has 1 aromatic heterocycles. The van der Waals surface area contributed by atoms with E-state index in [0.717, 1.165) is 11.3 Å². The molecule has 1 aromatic carbocycles. The van der Waals surface area contributed by atoms with Gasteiger partial charge in [-0.15, -0.1) is 0 Å². The van der Waals surface area contributed by atoms with Crippen molar-refractivity contribution in [1.82, 2.24) is 0 Å². The quantitative estimate of drug-likeness (QED) is 0.793. The van der Waals surface area contributed by atoms with Crippen LogP contribution >= 0.6 is 0 Å². The maximum atomic E-state index is 6.11. The number of hydrogen-bond acceptors (Lipinski definition) is 2. The minimum Gasteiger partial charge on any atom is -0.460 e. The summed E-state index contributed by atoms with van der Waals surface area (Å²) in [6.45, 7) is 6.53. The highest BCUT2D eigenvalue weighted by Crippen LogP contribution is 2.58. The van der Waals surface area contributed by atoms with Crippen LogP contribution in [0.15, 0.2) is 28.7 Å². The molecule has 0 amide bonds. The van der Waals surface area contributed by atoms with Gasteiger partial charge in [0.2, 0.25) is 0 Å². The van der Waals surface area contributed by atoms with Crippen molar-refractivity contribution in [2.75, 3.05) is 0 Å². The number of para-hydroxylation sites is 1. The molecule has 84 valence electrons. The molecule has 2 nitrogen and oxygen atoms in total. The normalized spacial score (nSPS) is 27.2. The van der Waals surface area contributed by atoms with Crippen LogP contribution in [-0.2, 0) is 0 Å². The fraction of sp³-hybridized carbons (Fsp3) is 0.429. The van der Waals surface area contributed by atoms with Crippen LogP contribution in [0.25, 0.3) is 11.0 Å². The Hall–Kier alpha value is -1.28. The zero-order valence-corrected chi connectivity index (χ0v) is 9.95. The van der Waals surface area contributed by atoms with Gasteiger partial charge in [0.05, 0.1) is 0 Å². The van der Waals surface area contributed by atoms with Gasteiger partial charge in [-0.3, -0.25) is 0 Å². The molecule has 0 aliphatic heterocycles. The third-order valence-corrected chi connectivity index (χ3v) is 4.07. The molecule has 0 bridgehead atoms. The Kier molecular flexibility index (Phi) is 1.79. The Bertz CT molecular complexity index is 553. The standard InChI is InChI=1S/C14H17NO/c1-8-9-6-4-5-7-10(9)16-12(8)11-13(15)14(11,2)3/h4-7,11,13H,15H2,1-3H3. The number of hydrogen-bond donors (Lipinski definition) is 1. The molecule has 1 aliphatic carbocycles. The lowest BCUT2D eigenvalue weighted by molar-refractivity contribution is 0.507. The first kappa shape index (κ1) is 9.91. The van der Waals surface area contributed by atoms with E-state index < -0.39 is 0 Å². The monoisotopic (exact) mass is 215 g/mol. The van der Waals surface area contributed by atoms with Crippen molar-refractivity contribution in [3.05, 3.63) is 35.6 Å². The largest absolute Gasteiger partial charge is 0.460 e. The number of nitrogens with two attached hydrogens (primary N) is 1. The zero-order chi connectivity index (χ0) is 11.5. The molecule has 2 N–H and O–H groups in total. The third-order valence-electron chi connectivity index (χ3n) is 4.07. The average molecular weight is 215 g/mol. The molecular formula is C14H17NO. The van der Waals surface area contributed by atoms with E-state index in [0.29, 0.717) is 5.92 Å². The Balaban J connectivity index is 2.16. The van der Waals surface area contributed by atoms with E-state index in [9.17, 15) is 0 Å². The molecular weight excluding hydrogens is 198 g/mol. The van der Waals surface area contributed by atoms with Gasteiger partial charge >= 0.3 is 0 Å². The molecule has 2 atom stereocenters. The lowest BCUT2D eigenvalue weighted by atomic mass is 10.0. The summed E-state index contributed by atoms with van der Waals surface area (Å²) in [6.07, 6.45) is 0. The number of fused-ring (bicyclic) bond motifs is 1. The summed E-state index contributed by atoms with van der Waals surface area (Å²) < 4.78 is 5.95. The number of rotatable bonds is 1. The predicted molar refractivity (Wildman–Crippen MR) is 65.4 cm³/mol. The van der Waals surface area contributed by atoms with Gasteiger partial charge in [0.15, 0.2) is 0 Å². The lowest BCUT2D eigenvalue weighted by Crippen LogP contribution is -2.06. The molecule has 1 heterocycles. The molecule has 0 spiro atoms. The topological polar surface area (TPSA) is 39.2 Å². The SMILES string of the molecule is Cc1c(C2C(N)C2(C)C)oc2ccccc12. The maximum absolute atomic E-state index is 6.11. The molecule has 2 aromatic rings. The summed E-state index contributed by atoms with van der Waals surface area (Å²) in [5, 5.41) is 1.22. The highest BCUT2D eigenvalue weighted by molar-refractivity contribution is 5.82. The van der Waals surface area contributed by atoms with Gasteiger partial charge in [-0.1, -0.05) is 32.0 Å². The molecule has 0 radical (unpaired) electrons. The molecule has 2 heteroatoms. The minimum atomic E-state index is 0.179. The van der Waals surface area contributed by atoms with Crippen LogP contribution in [-0.4, -0.2) is 6.04 Å². The average Bonchev–Trinajstić information content (AvgIpc) is 2.60. The summed E-state index contributed by atoms with van der Waals surface area (Å²) >= 11 is 0. The van der Waals surface area contributed by atoms with Crippen LogP contribution in [0.2, 0.25) is 0 Å². The molecule has 1 fully saturated rings. The van der Waals surface area contributed by atoms with Crippen molar-refractivity contribution >= 4 is 11.0 Å². The number of benzene rings is 1. The molecule has 1 aliphatic rings. The van der Waals surface area contributed by atoms with E-state index in [2.05, 4.69) is 26.8 Å². The summed E-state index contributed by atoms with van der Waals surface area (Å²) in [6, 6.07) is 8.41. The Morgan fingerprint density at radius 3 is 2.44 bits per heavy atom. The Morgan fingerprint density at radius 1 is 1.25 bits per heavy atom. The van der Waals surface area contributed by atoms with Crippen molar-refractivity contribution in [2.45, 2.75) is 32.7 Å². The first-order valence-corrected chi connectivity index (χ1v) is 5.77. The molecule has 16 heavy (non-hydrogen) atoms. The summed E-state index contributed by atoms with van der Waals surface area (Å²) in [5.74, 6) is 1.46. The van der Waals surface area contributed by atoms with Crippen molar-refractivity contribution in [1.29, 1.82) is 0 Å². The second-order valence-corrected chi connectivity index (χ2v) is 5.41. The molecule has 1 saturated carbocycles. The smallest absolute Gasteiger partial charge is 0.134 e. The van der Waals surface area contributed by atoms with E-state index in [1.54, 1.807) is 0 Å². The summed E-state index contributed by atoms with van der Waals surface area (Å²) in [5.41, 5.74) is 8.51. The second kappa shape index (κ2) is 2.89. The van der Waals surface area contributed by atoms with E-state index in [1.165, 1.54) is 10.9 Å². The van der Waals surface area contributed by atoms with E-state index in [1.807, 2.05) is 18.2 Å². The van der Waals surface area contributed by atoms with Crippen LogP contribution in [0.1, 0.15) is 31.1 Å². The number of furan rings is 1. The maximum Gasteiger partial charge on any atom is 0.134 e. The fourth-order valence-electron chi connectivity index (χ4n) is 2.67. The van der Waals surface area contributed by atoms with Crippen LogP contribution in [0.3, 0.4) is 0 Å². The van der Waals surface area contributed by atoms with E-state index >= 15 is 0 Å².